The molecule has 2 aliphatic heterocycles. The number of aliphatic hydroxyl groups is 8. The molecule has 10 N–H and O–H groups in total. The van der Waals surface area contributed by atoms with Crippen LogP contribution in [-0.4, -0.2) is 115 Å². The van der Waals surface area contributed by atoms with Crippen LogP contribution in [0.5, 0.6) is 0 Å². The zero-order chi connectivity index (χ0) is 18.2. The molecule has 0 spiro atoms. The van der Waals surface area contributed by atoms with Crippen molar-refractivity contribution in [1.29, 1.82) is 0 Å². The third kappa shape index (κ3) is 3.70. The highest BCUT2D eigenvalue weighted by Gasteiger charge is 2.51. The lowest BCUT2D eigenvalue weighted by Gasteiger charge is -2.44. The molecule has 2 saturated heterocycles. The largest absolute Gasteiger partial charge is 0.394 e. The van der Waals surface area contributed by atoms with Crippen molar-refractivity contribution in [3.8, 4) is 0 Å². The quantitative estimate of drug-likeness (QED) is 0.215. The van der Waals surface area contributed by atoms with Gasteiger partial charge in [0.05, 0.1) is 13.2 Å². The van der Waals surface area contributed by atoms with Crippen LogP contribution in [0, 0.1) is 0 Å². The first-order valence-corrected chi connectivity index (χ1v) is 7.25. The molecule has 2 fully saturated rings. The van der Waals surface area contributed by atoms with Gasteiger partial charge >= 0.3 is 0 Å². The molecule has 0 bridgehead atoms. The first kappa shape index (κ1) is 19.8. The lowest BCUT2D eigenvalue weighted by molar-refractivity contribution is -0.360. The molecule has 0 aliphatic carbocycles. The Balaban J connectivity index is 1.99. The third-order valence-corrected chi connectivity index (χ3v) is 4.09. The van der Waals surface area contributed by atoms with Gasteiger partial charge in [-0.3, -0.25) is 5.73 Å². The summed E-state index contributed by atoms with van der Waals surface area (Å²) in [4.78, 5) is 0. The summed E-state index contributed by atoms with van der Waals surface area (Å²) in [6.07, 6.45) is -14.4. The van der Waals surface area contributed by atoms with E-state index >= 15 is 0 Å². The van der Waals surface area contributed by atoms with E-state index in [1.807, 2.05) is 0 Å². The van der Waals surface area contributed by atoms with Gasteiger partial charge in [0.15, 0.2) is 12.4 Å². The maximum Gasteiger partial charge on any atom is 0.252 e. The van der Waals surface area contributed by atoms with Gasteiger partial charge in [-0.05, 0) is 0 Å². The molecular weight excluding hydrogens is 334 g/mol. The third-order valence-electron chi connectivity index (χ3n) is 4.09. The van der Waals surface area contributed by atoms with E-state index in [1.165, 1.54) is 0 Å². The minimum atomic E-state index is -2.64. The summed E-state index contributed by atoms with van der Waals surface area (Å²) in [5.41, 5.74) is 5.25. The van der Waals surface area contributed by atoms with E-state index in [-0.39, 0.29) is 0 Å². The van der Waals surface area contributed by atoms with Gasteiger partial charge in [0.2, 0.25) is 0 Å². The number of hydrogen-bond acceptors (Lipinski definition) is 12. The van der Waals surface area contributed by atoms with Crippen LogP contribution in [-0.2, 0) is 14.2 Å². The highest BCUT2D eigenvalue weighted by Crippen LogP contribution is 2.27. The monoisotopic (exact) mass is 357 g/mol. The Hall–Kier alpha value is -0.480. The second-order valence-corrected chi connectivity index (χ2v) is 5.86. The maximum atomic E-state index is 9.81. The average Bonchev–Trinajstić information content (AvgIpc) is 2.54. The minimum absolute atomic E-state index is 0.562. The summed E-state index contributed by atoms with van der Waals surface area (Å²) in [5.74, 6) is -2.64. The van der Waals surface area contributed by atoms with Crippen molar-refractivity contribution in [2.45, 2.75) is 61.0 Å². The van der Waals surface area contributed by atoms with Crippen LogP contribution in [0.3, 0.4) is 0 Å². The number of ether oxygens (including phenoxy) is 3. The van der Waals surface area contributed by atoms with E-state index in [0.29, 0.717) is 0 Å². The Morgan fingerprint density at radius 2 is 1.46 bits per heavy atom. The molecule has 0 aromatic rings. The van der Waals surface area contributed by atoms with E-state index in [1.54, 1.807) is 0 Å². The normalized spacial score (nSPS) is 53.1. The van der Waals surface area contributed by atoms with Gasteiger partial charge in [-0.15, -0.1) is 0 Å². The Labute approximate surface area is 136 Å². The van der Waals surface area contributed by atoms with Crippen molar-refractivity contribution >= 4 is 0 Å². The van der Waals surface area contributed by atoms with Crippen molar-refractivity contribution in [3.05, 3.63) is 0 Å². The van der Waals surface area contributed by atoms with E-state index < -0.39 is 74.2 Å². The topological polar surface area (TPSA) is 216 Å². The van der Waals surface area contributed by atoms with Crippen molar-refractivity contribution in [2.24, 2.45) is 5.73 Å². The van der Waals surface area contributed by atoms with Crippen molar-refractivity contribution < 1.29 is 55.1 Å². The second-order valence-electron chi connectivity index (χ2n) is 5.86. The van der Waals surface area contributed by atoms with E-state index in [4.69, 9.17) is 25.1 Å². The van der Waals surface area contributed by atoms with Gasteiger partial charge < -0.3 is 55.1 Å². The fourth-order valence-electron chi connectivity index (χ4n) is 2.56. The molecule has 0 aromatic heterocycles. The number of aliphatic hydroxyl groups excluding tert-OH is 7. The Morgan fingerprint density at radius 3 is 2.04 bits per heavy atom. The smallest absolute Gasteiger partial charge is 0.252 e. The molecule has 12 heteroatoms. The minimum Gasteiger partial charge on any atom is -0.394 e. The summed E-state index contributed by atoms with van der Waals surface area (Å²) >= 11 is 0. The highest BCUT2D eigenvalue weighted by molar-refractivity contribution is 4.94. The predicted octanol–water partition coefficient (Wildman–Crippen LogP) is -6.11. The van der Waals surface area contributed by atoms with E-state index in [9.17, 15) is 35.7 Å². The SMILES string of the molecule is N[C@]1(O)O[C@H](CO[C@H]2O[C@H](CO)[C@@H](O)[C@H](O)[C@H]2O)[C@@H](O)[C@H](O)[C@H]1O. The maximum absolute atomic E-state index is 9.81. The molecule has 142 valence electrons. The van der Waals surface area contributed by atoms with Gasteiger partial charge in [-0.1, -0.05) is 0 Å². The van der Waals surface area contributed by atoms with Crippen LogP contribution >= 0.6 is 0 Å². The average molecular weight is 357 g/mol. The second kappa shape index (κ2) is 7.41. The Morgan fingerprint density at radius 1 is 0.875 bits per heavy atom. The molecule has 0 radical (unpaired) electrons. The van der Waals surface area contributed by atoms with Gasteiger partial charge in [-0.25, -0.2) is 0 Å². The zero-order valence-electron chi connectivity index (χ0n) is 12.5. The molecule has 2 aliphatic rings. The summed E-state index contributed by atoms with van der Waals surface area (Å²) in [6, 6.07) is 0. The van der Waals surface area contributed by atoms with Crippen LogP contribution < -0.4 is 5.73 Å². The standard InChI is InChI=1S/C12H23NO11/c13-12(21)10(20)8(18)6(16)4(24-12)2-22-11-9(19)7(17)5(15)3(1-14)23-11/h3-11,14-21H,1-2,13H2/t3-,4-,5-,6-,7+,8+,9-,10-,11+,12-/m1/s1. The lowest BCUT2D eigenvalue weighted by Crippen LogP contribution is -2.69. The Kier molecular flexibility index (Phi) is 6.12. The molecule has 0 unspecified atom stereocenters. The summed E-state index contributed by atoms with van der Waals surface area (Å²) in [7, 11) is 0. The zero-order valence-corrected chi connectivity index (χ0v) is 12.5. The molecule has 2 heterocycles. The van der Waals surface area contributed by atoms with Crippen LogP contribution in [0.25, 0.3) is 0 Å². The predicted molar refractivity (Wildman–Crippen MR) is 71.7 cm³/mol. The number of hydrogen-bond donors (Lipinski definition) is 9. The van der Waals surface area contributed by atoms with Crippen molar-refractivity contribution in [3.63, 3.8) is 0 Å². The molecule has 2 rings (SSSR count). The summed E-state index contributed by atoms with van der Waals surface area (Å²) in [5, 5.41) is 76.7. The first-order valence-electron chi connectivity index (χ1n) is 7.25. The fourth-order valence-corrected chi connectivity index (χ4v) is 2.56. The van der Waals surface area contributed by atoms with Crippen LogP contribution in [0.2, 0.25) is 0 Å². The van der Waals surface area contributed by atoms with Crippen molar-refractivity contribution in [2.75, 3.05) is 13.2 Å². The lowest BCUT2D eigenvalue weighted by atomic mass is 9.97. The first-order chi connectivity index (χ1) is 11.1. The number of nitrogens with two attached hydrogens (primary N) is 1. The van der Waals surface area contributed by atoms with E-state index in [2.05, 4.69) is 0 Å². The molecule has 0 amide bonds. The van der Waals surface area contributed by atoms with Gasteiger partial charge in [0.1, 0.15) is 42.7 Å². The van der Waals surface area contributed by atoms with Gasteiger partial charge in [0, 0.05) is 0 Å². The van der Waals surface area contributed by atoms with Gasteiger partial charge in [-0.2, -0.15) is 0 Å². The van der Waals surface area contributed by atoms with Crippen LogP contribution in [0.1, 0.15) is 0 Å². The highest BCUT2D eigenvalue weighted by atomic mass is 16.7. The molecule has 12 nitrogen and oxygen atoms in total. The summed E-state index contributed by atoms with van der Waals surface area (Å²) < 4.78 is 15.1. The van der Waals surface area contributed by atoms with Crippen LogP contribution in [0.15, 0.2) is 0 Å². The molecule has 0 aromatic carbocycles. The van der Waals surface area contributed by atoms with Crippen molar-refractivity contribution in [1.82, 2.24) is 0 Å². The molecule has 10 atom stereocenters. The molecule has 24 heavy (non-hydrogen) atoms. The number of rotatable bonds is 4. The van der Waals surface area contributed by atoms with Gasteiger partial charge in [0.25, 0.3) is 5.91 Å². The van der Waals surface area contributed by atoms with Crippen LogP contribution in [0.4, 0.5) is 0 Å². The fraction of sp³-hybridized carbons (Fsp3) is 1.00. The van der Waals surface area contributed by atoms with E-state index in [0.717, 1.165) is 0 Å². The Bertz CT molecular complexity index is 422. The molecular formula is C12H23NO11. The molecule has 0 saturated carbocycles. The summed E-state index contributed by atoms with van der Waals surface area (Å²) in [6.45, 7) is -1.21.